The van der Waals surface area contributed by atoms with Crippen molar-refractivity contribution in [3.63, 3.8) is 0 Å². The van der Waals surface area contributed by atoms with Gasteiger partial charge in [-0.1, -0.05) is 17.8 Å². The first-order chi connectivity index (χ1) is 15.8. The Bertz CT molecular complexity index is 1310. The van der Waals surface area contributed by atoms with Crippen LogP contribution in [0.2, 0.25) is 0 Å². The number of anilines is 1. The van der Waals surface area contributed by atoms with Gasteiger partial charge in [0.15, 0.2) is 22.6 Å². The highest BCUT2D eigenvalue weighted by Crippen LogP contribution is 2.31. The van der Waals surface area contributed by atoms with E-state index in [-0.39, 0.29) is 11.6 Å². The molecule has 2 heterocycles. The molecule has 0 spiro atoms. The monoisotopic (exact) mass is 465 g/mol. The van der Waals surface area contributed by atoms with E-state index >= 15 is 0 Å². The number of hydrogen-bond acceptors (Lipinski definition) is 5. The van der Waals surface area contributed by atoms with Crippen molar-refractivity contribution in [2.45, 2.75) is 31.2 Å². The van der Waals surface area contributed by atoms with Gasteiger partial charge in [0.05, 0.1) is 10.9 Å². The fourth-order valence-electron chi connectivity index (χ4n) is 3.16. The highest BCUT2D eigenvalue weighted by molar-refractivity contribution is 8.00. The Labute approximate surface area is 194 Å². The van der Waals surface area contributed by atoms with Gasteiger partial charge in [-0.2, -0.15) is 0 Å². The molecule has 0 radical (unpaired) electrons. The van der Waals surface area contributed by atoms with E-state index < -0.39 is 16.9 Å². The highest BCUT2D eigenvalue weighted by Gasteiger charge is 2.22. The first-order valence-corrected chi connectivity index (χ1v) is 11.1. The number of halogens is 2. The van der Waals surface area contributed by atoms with Gasteiger partial charge in [-0.25, -0.2) is 8.78 Å². The molecule has 1 N–H and O–H groups in total. The van der Waals surface area contributed by atoms with Crippen LogP contribution in [0.1, 0.15) is 18.1 Å². The van der Waals surface area contributed by atoms with Gasteiger partial charge in [-0.15, -0.1) is 10.2 Å². The van der Waals surface area contributed by atoms with Gasteiger partial charge in [-0.05, 0) is 68.3 Å². The van der Waals surface area contributed by atoms with Crippen molar-refractivity contribution in [2.75, 3.05) is 5.32 Å². The minimum atomic E-state index is -1.02. The number of thioether (sulfide) groups is 1. The van der Waals surface area contributed by atoms with E-state index in [1.165, 1.54) is 17.8 Å². The number of aromatic nitrogens is 4. The molecule has 6 nitrogen and oxygen atoms in total. The maximum atomic E-state index is 13.5. The van der Waals surface area contributed by atoms with Crippen LogP contribution in [0.15, 0.2) is 66.1 Å². The average Bonchev–Trinajstić information content (AvgIpc) is 3.22. The molecule has 0 saturated heterocycles. The predicted octanol–water partition coefficient (Wildman–Crippen LogP) is 5.34. The molecule has 0 aliphatic carbocycles. The van der Waals surface area contributed by atoms with Gasteiger partial charge < -0.3 is 5.32 Å². The number of aryl methyl sites for hydroxylation is 2. The highest BCUT2D eigenvalue weighted by atomic mass is 32.2. The summed E-state index contributed by atoms with van der Waals surface area (Å²) >= 11 is 1.22. The van der Waals surface area contributed by atoms with Crippen LogP contribution in [0, 0.1) is 25.5 Å². The Morgan fingerprint density at radius 1 is 0.970 bits per heavy atom. The summed E-state index contributed by atoms with van der Waals surface area (Å²) in [7, 11) is 0. The fourth-order valence-corrected chi connectivity index (χ4v) is 4.03. The Kier molecular flexibility index (Phi) is 6.50. The van der Waals surface area contributed by atoms with Gasteiger partial charge in [0.25, 0.3) is 0 Å². The van der Waals surface area contributed by atoms with Crippen LogP contribution in [0.25, 0.3) is 17.1 Å². The van der Waals surface area contributed by atoms with Crippen LogP contribution >= 0.6 is 11.8 Å². The third kappa shape index (κ3) is 4.93. The number of benzene rings is 2. The van der Waals surface area contributed by atoms with E-state index in [1.807, 2.05) is 48.7 Å². The smallest absolute Gasteiger partial charge is 0.237 e. The Hall–Kier alpha value is -3.59. The number of nitrogens with zero attached hydrogens (tertiary/aromatic N) is 4. The zero-order chi connectivity index (χ0) is 23.5. The normalized spacial score (nSPS) is 11.9. The molecule has 0 aliphatic heterocycles. The molecule has 2 aromatic heterocycles. The van der Waals surface area contributed by atoms with Crippen molar-refractivity contribution in [3.8, 4) is 17.1 Å². The molecule has 168 valence electrons. The summed E-state index contributed by atoms with van der Waals surface area (Å²) < 4.78 is 28.6. The zero-order valence-electron chi connectivity index (χ0n) is 18.2. The van der Waals surface area contributed by atoms with E-state index in [0.717, 1.165) is 34.5 Å². The molecule has 0 bridgehead atoms. The van der Waals surface area contributed by atoms with E-state index in [1.54, 1.807) is 19.3 Å². The number of pyridine rings is 1. The maximum Gasteiger partial charge on any atom is 0.237 e. The summed E-state index contributed by atoms with van der Waals surface area (Å²) in [6.07, 6.45) is 3.36. The second kappa shape index (κ2) is 9.50. The van der Waals surface area contributed by atoms with Crippen LogP contribution < -0.4 is 5.32 Å². The Morgan fingerprint density at radius 2 is 1.73 bits per heavy atom. The molecule has 2 aromatic carbocycles. The standard InChI is InChI=1S/C24H21F2N5OS/c1-14-4-6-19(12-15(14)2)31-22(17-8-10-27-11-9-17)29-30-24(31)33-16(3)23(32)28-18-5-7-20(25)21(26)13-18/h4-13,16H,1-3H3,(H,28,32). The first kappa shape index (κ1) is 22.6. The summed E-state index contributed by atoms with van der Waals surface area (Å²) in [5.41, 5.74) is 4.15. The molecular formula is C24H21F2N5OS. The predicted molar refractivity (Wildman–Crippen MR) is 124 cm³/mol. The lowest BCUT2D eigenvalue weighted by Gasteiger charge is -2.15. The van der Waals surface area contributed by atoms with E-state index in [4.69, 9.17) is 0 Å². The first-order valence-electron chi connectivity index (χ1n) is 10.2. The van der Waals surface area contributed by atoms with Gasteiger partial charge in [0.2, 0.25) is 5.91 Å². The molecule has 1 unspecified atom stereocenters. The van der Waals surface area contributed by atoms with Crippen LogP contribution in [-0.2, 0) is 4.79 Å². The van der Waals surface area contributed by atoms with Crippen LogP contribution in [0.3, 0.4) is 0 Å². The van der Waals surface area contributed by atoms with Crippen molar-refractivity contribution >= 4 is 23.4 Å². The van der Waals surface area contributed by atoms with Crippen LogP contribution in [0.5, 0.6) is 0 Å². The third-order valence-electron chi connectivity index (χ3n) is 5.16. The zero-order valence-corrected chi connectivity index (χ0v) is 19.0. The lowest BCUT2D eigenvalue weighted by atomic mass is 10.1. The van der Waals surface area contributed by atoms with Crippen molar-refractivity contribution in [2.24, 2.45) is 0 Å². The van der Waals surface area contributed by atoms with Crippen molar-refractivity contribution < 1.29 is 13.6 Å². The molecule has 33 heavy (non-hydrogen) atoms. The number of carbonyl (C=O) groups is 1. The summed E-state index contributed by atoms with van der Waals surface area (Å²) in [6, 6.07) is 13.0. The van der Waals surface area contributed by atoms with Gasteiger partial charge in [0, 0.05) is 29.7 Å². The minimum absolute atomic E-state index is 0.180. The SMILES string of the molecule is Cc1ccc(-n2c(SC(C)C(=O)Nc3ccc(F)c(F)c3)nnc2-c2ccncc2)cc1C. The maximum absolute atomic E-state index is 13.5. The molecule has 4 rings (SSSR count). The van der Waals surface area contributed by atoms with Gasteiger partial charge in [-0.3, -0.25) is 14.3 Å². The molecule has 9 heteroatoms. The number of hydrogen-bond donors (Lipinski definition) is 1. The molecule has 0 saturated carbocycles. The number of nitrogens with one attached hydrogen (secondary N) is 1. The van der Waals surface area contributed by atoms with Gasteiger partial charge in [0.1, 0.15) is 0 Å². The number of carbonyl (C=O) groups excluding carboxylic acids is 1. The Balaban J connectivity index is 1.65. The van der Waals surface area contributed by atoms with Crippen molar-refractivity contribution in [1.82, 2.24) is 19.7 Å². The van der Waals surface area contributed by atoms with E-state index in [2.05, 4.69) is 20.5 Å². The summed E-state index contributed by atoms with van der Waals surface area (Å²) in [4.78, 5) is 16.8. The quantitative estimate of drug-likeness (QED) is 0.389. The lowest BCUT2D eigenvalue weighted by molar-refractivity contribution is -0.115. The summed E-state index contributed by atoms with van der Waals surface area (Å²) in [5, 5.41) is 11.3. The van der Waals surface area contributed by atoms with Crippen molar-refractivity contribution in [3.05, 3.63) is 83.7 Å². The average molecular weight is 466 g/mol. The minimum Gasteiger partial charge on any atom is -0.325 e. The molecular weight excluding hydrogens is 444 g/mol. The fraction of sp³-hybridized carbons (Fsp3) is 0.167. The van der Waals surface area contributed by atoms with Gasteiger partial charge >= 0.3 is 0 Å². The second-order valence-corrected chi connectivity index (χ2v) is 8.83. The number of rotatable bonds is 6. The lowest BCUT2D eigenvalue weighted by Crippen LogP contribution is -2.23. The molecule has 0 fully saturated rings. The Morgan fingerprint density at radius 3 is 2.42 bits per heavy atom. The van der Waals surface area contributed by atoms with Crippen LogP contribution in [-0.4, -0.2) is 30.9 Å². The molecule has 1 amide bonds. The van der Waals surface area contributed by atoms with Crippen LogP contribution in [0.4, 0.5) is 14.5 Å². The molecule has 0 aliphatic rings. The largest absolute Gasteiger partial charge is 0.325 e. The van der Waals surface area contributed by atoms with E-state index in [0.29, 0.717) is 11.0 Å². The van der Waals surface area contributed by atoms with Crippen molar-refractivity contribution in [1.29, 1.82) is 0 Å². The third-order valence-corrected chi connectivity index (χ3v) is 6.20. The molecule has 4 aromatic rings. The molecule has 1 atom stereocenters. The summed E-state index contributed by atoms with van der Waals surface area (Å²) in [5.74, 6) is -1.74. The summed E-state index contributed by atoms with van der Waals surface area (Å²) in [6.45, 7) is 5.78. The second-order valence-electron chi connectivity index (χ2n) is 7.52. The number of amides is 1. The topological polar surface area (TPSA) is 72.7 Å². The van der Waals surface area contributed by atoms with E-state index in [9.17, 15) is 13.6 Å².